The van der Waals surface area contributed by atoms with Crippen LogP contribution < -0.4 is 0 Å². The second-order valence-corrected chi connectivity index (χ2v) is 19.3. The van der Waals surface area contributed by atoms with Crippen LogP contribution >= 0.6 is 12.6 Å². The van der Waals surface area contributed by atoms with Crippen LogP contribution in [0.15, 0.2) is 0 Å². The highest BCUT2D eigenvalue weighted by atomic mass is 32.1. The number of rotatable bonds is 45. The molecule has 0 aliphatic carbocycles. The summed E-state index contributed by atoms with van der Waals surface area (Å²) in [5.41, 5.74) is 0. The maximum absolute atomic E-state index is 6.74. The molecule has 0 radical (unpaired) electrons. The Balaban J connectivity index is 4.54. The predicted octanol–water partition coefficient (Wildman–Crippen LogP) is 15.2. The van der Waals surface area contributed by atoms with Gasteiger partial charge in [-0.2, -0.15) is 12.6 Å². The minimum absolute atomic E-state index is 0.00874. The molecule has 0 bridgehead atoms. The number of ether oxygens (including phenoxy) is 2. The van der Waals surface area contributed by atoms with Crippen LogP contribution in [0, 0.1) is 0 Å². The van der Waals surface area contributed by atoms with Crippen molar-refractivity contribution in [1.82, 2.24) is 0 Å². The van der Waals surface area contributed by atoms with Crippen molar-refractivity contribution in [1.29, 1.82) is 0 Å². The fourth-order valence-electron chi connectivity index (χ4n) is 7.00. The van der Waals surface area contributed by atoms with Crippen molar-refractivity contribution in [3.05, 3.63) is 0 Å². The lowest BCUT2D eigenvalue weighted by molar-refractivity contribution is -0.140. The van der Waals surface area contributed by atoms with Gasteiger partial charge in [0, 0.05) is 39.1 Å². The topological polar surface area (TPSA) is 46.2 Å². The van der Waals surface area contributed by atoms with E-state index >= 15 is 0 Å². The lowest BCUT2D eigenvalue weighted by Gasteiger charge is -2.30. The Morgan fingerprint density at radius 1 is 0.385 bits per heavy atom. The second kappa shape index (κ2) is 42.5. The highest BCUT2D eigenvalue weighted by molar-refractivity contribution is 7.80. The average molecular weight is 775 g/mol. The highest BCUT2D eigenvalue weighted by Crippen LogP contribution is 2.24. The first-order chi connectivity index (χ1) is 25.5. The summed E-state index contributed by atoms with van der Waals surface area (Å²) in [5, 5.41) is 0.333. The van der Waals surface area contributed by atoms with E-state index in [2.05, 4.69) is 20.8 Å². The zero-order chi connectivity index (χ0) is 38.1. The second-order valence-electron chi connectivity index (χ2n) is 15.6. The first-order valence-electron chi connectivity index (χ1n) is 23.4. The Morgan fingerprint density at radius 2 is 0.673 bits per heavy atom. The van der Waals surface area contributed by atoms with Crippen molar-refractivity contribution in [2.45, 2.75) is 258 Å². The normalized spacial score (nSPS) is 12.8. The summed E-state index contributed by atoms with van der Waals surface area (Å²) in [4.78, 5) is 0. The van der Waals surface area contributed by atoms with Gasteiger partial charge >= 0.3 is 8.80 Å². The molecule has 0 spiro atoms. The van der Waals surface area contributed by atoms with Gasteiger partial charge in [-0.05, 0) is 57.6 Å². The lowest BCUT2D eigenvalue weighted by Crippen LogP contribution is -2.47. The monoisotopic (exact) mass is 775 g/mol. The lowest BCUT2D eigenvalue weighted by atomic mass is 10.1. The molecule has 5 nitrogen and oxygen atoms in total. The summed E-state index contributed by atoms with van der Waals surface area (Å²) >= 11 is 4.73. The third-order valence-electron chi connectivity index (χ3n) is 10.4. The van der Waals surface area contributed by atoms with Crippen molar-refractivity contribution >= 4 is 21.4 Å². The molecule has 0 fully saturated rings. The molecule has 0 N–H and O–H groups in total. The van der Waals surface area contributed by atoms with E-state index in [4.69, 9.17) is 35.4 Å². The van der Waals surface area contributed by atoms with Gasteiger partial charge in [0.05, 0.1) is 0 Å². The Bertz CT molecular complexity index is 638. The van der Waals surface area contributed by atoms with Crippen molar-refractivity contribution in [2.24, 2.45) is 0 Å². The van der Waals surface area contributed by atoms with Crippen LogP contribution in [0.25, 0.3) is 0 Å². The molecule has 0 aliphatic rings. The molecule has 7 heteroatoms. The number of hydrogen-bond acceptors (Lipinski definition) is 6. The molecule has 1 atom stereocenters. The van der Waals surface area contributed by atoms with Gasteiger partial charge in [-0.1, -0.05) is 188 Å². The third kappa shape index (κ3) is 37.3. The maximum Gasteiger partial charge on any atom is 0.500 e. The zero-order valence-corrected chi connectivity index (χ0v) is 37.9. The van der Waals surface area contributed by atoms with E-state index in [-0.39, 0.29) is 6.29 Å². The smallest absolute Gasteiger partial charge is 0.373 e. The molecule has 0 aromatic carbocycles. The van der Waals surface area contributed by atoms with Crippen LogP contribution in [0.2, 0.25) is 6.04 Å². The number of hydrogen-bond donors (Lipinski definition) is 1. The largest absolute Gasteiger partial charge is 0.500 e. The molecule has 0 heterocycles. The molecule has 0 rings (SSSR count). The summed E-state index contributed by atoms with van der Waals surface area (Å²) in [6, 6.07) is 0.894. The van der Waals surface area contributed by atoms with E-state index in [1.165, 1.54) is 173 Å². The first kappa shape index (κ1) is 52.4. The molecule has 0 amide bonds. The minimum atomic E-state index is -2.73. The van der Waals surface area contributed by atoms with Gasteiger partial charge < -0.3 is 22.8 Å². The van der Waals surface area contributed by atoms with Gasteiger partial charge in [0.1, 0.15) is 0 Å². The van der Waals surface area contributed by atoms with Gasteiger partial charge in [-0.25, -0.2) is 0 Å². The van der Waals surface area contributed by atoms with Gasteiger partial charge in [-0.3, -0.25) is 0 Å². The first-order valence-corrected chi connectivity index (χ1v) is 25.8. The third-order valence-corrected chi connectivity index (χ3v) is 13.5. The van der Waals surface area contributed by atoms with Crippen LogP contribution in [-0.4, -0.2) is 53.4 Å². The van der Waals surface area contributed by atoms with Crippen molar-refractivity contribution in [3.63, 3.8) is 0 Å². The molecule has 0 saturated carbocycles. The molecule has 0 aliphatic heterocycles. The summed E-state index contributed by atoms with van der Waals surface area (Å²) in [5.74, 6) is 0. The van der Waals surface area contributed by atoms with Gasteiger partial charge in [-0.15, -0.1) is 0 Å². The molecule has 314 valence electrons. The summed E-state index contributed by atoms with van der Waals surface area (Å²) in [6.45, 7) is 14.7. The van der Waals surface area contributed by atoms with Gasteiger partial charge in [0.15, 0.2) is 6.29 Å². The van der Waals surface area contributed by atoms with Gasteiger partial charge in [0.2, 0.25) is 0 Å². The molecule has 1 unspecified atom stereocenters. The van der Waals surface area contributed by atoms with Crippen molar-refractivity contribution < 1.29 is 22.8 Å². The summed E-state index contributed by atoms with van der Waals surface area (Å²) < 4.78 is 31.5. The van der Waals surface area contributed by atoms with Crippen LogP contribution in [0.5, 0.6) is 0 Å². The fourth-order valence-corrected chi connectivity index (χ4v) is 10.2. The van der Waals surface area contributed by atoms with Crippen LogP contribution in [0.4, 0.5) is 0 Å². The molecule has 52 heavy (non-hydrogen) atoms. The van der Waals surface area contributed by atoms with E-state index in [9.17, 15) is 0 Å². The average Bonchev–Trinajstić information content (AvgIpc) is 3.13. The van der Waals surface area contributed by atoms with Crippen LogP contribution in [0.1, 0.15) is 240 Å². The molecular weight excluding hydrogens is 681 g/mol. The molecule has 0 aromatic rings. The van der Waals surface area contributed by atoms with E-state index < -0.39 is 8.80 Å². The Labute approximate surface area is 333 Å². The predicted molar refractivity (Wildman–Crippen MR) is 233 cm³/mol. The van der Waals surface area contributed by atoms with Crippen LogP contribution in [-0.2, 0) is 22.8 Å². The standard InChI is InChI=1S/C45H94O5SSi/c1-6-10-12-14-16-18-23-27-31-35-40-48-52(43-39-44(5)51,49-41-36-32-28-24-19-17-15-13-11-7-2)50-42-37-33-29-25-21-20-22-26-30-34-38-45(46-8-3)47-9-4/h44-45,51H,6-43H2,1-5H3. The fraction of sp³-hybridized carbons (Fsp3) is 1.00. The number of unbranched alkanes of at least 4 members (excludes halogenated alkanes) is 27. The van der Waals surface area contributed by atoms with Gasteiger partial charge in [0.25, 0.3) is 0 Å². The van der Waals surface area contributed by atoms with E-state index in [0.29, 0.717) is 5.25 Å². The Morgan fingerprint density at radius 3 is 0.962 bits per heavy atom. The minimum Gasteiger partial charge on any atom is -0.373 e. The zero-order valence-electron chi connectivity index (χ0n) is 36.0. The molecule has 0 saturated heterocycles. The van der Waals surface area contributed by atoms with Crippen molar-refractivity contribution in [3.8, 4) is 0 Å². The summed E-state index contributed by atoms with van der Waals surface area (Å²) in [7, 11) is -2.73. The quantitative estimate of drug-likeness (QED) is 0.0289. The van der Waals surface area contributed by atoms with Crippen molar-refractivity contribution in [2.75, 3.05) is 33.0 Å². The molecular formula is C45H94O5SSi. The molecule has 0 aromatic heterocycles. The van der Waals surface area contributed by atoms with E-state index in [1.807, 2.05) is 13.8 Å². The van der Waals surface area contributed by atoms with E-state index in [0.717, 1.165) is 71.2 Å². The Kier molecular flexibility index (Phi) is 42.8. The maximum atomic E-state index is 6.74. The highest BCUT2D eigenvalue weighted by Gasteiger charge is 2.41. The van der Waals surface area contributed by atoms with E-state index in [1.54, 1.807) is 0 Å². The Hall–Kier alpha value is 0.367. The SMILES string of the molecule is CCCCCCCCCCCCO[Si](CCC(C)S)(OCCCCCCCCCCCC)OCCCCCCCCCCCCC(OCC)OCC. The summed E-state index contributed by atoms with van der Waals surface area (Å²) in [6.07, 6.45) is 41.7. The number of thiol groups is 1. The van der Waals surface area contributed by atoms with Crippen LogP contribution in [0.3, 0.4) is 0 Å².